The van der Waals surface area contributed by atoms with Gasteiger partial charge in [-0.25, -0.2) is 4.79 Å². The van der Waals surface area contributed by atoms with Gasteiger partial charge in [-0.3, -0.25) is 4.79 Å². The molecule has 0 saturated carbocycles. The third-order valence-electron chi connectivity index (χ3n) is 3.73. The van der Waals surface area contributed by atoms with Crippen LogP contribution in [0.15, 0.2) is 42.5 Å². The standard InChI is InChI=1S/C21H25NO6/c1-14(2)28-17-8-6-16(7-9-17)21(24)27-13-20(23)22-12-15-5-10-18(25-3)19(11-15)26-4/h5-11,14H,12-13H2,1-4H3,(H,22,23). The van der Waals surface area contributed by atoms with E-state index in [2.05, 4.69) is 5.32 Å². The molecule has 0 radical (unpaired) electrons. The van der Waals surface area contributed by atoms with Crippen molar-refractivity contribution in [1.29, 1.82) is 0 Å². The molecule has 0 bridgehead atoms. The van der Waals surface area contributed by atoms with Crippen LogP contribution in [-0.4, -0.2) is 38.8 Å². The van der Waals surface area contributed by atoms with Gasteiger partial charge in [0, 0.05) is 6.54 Å². The topological polar surface area (TPSA) is 83.1 Å². The molecule has 0 aliphatic carbocycles. The molecule has 2 aromatic rings. The number of nitrogens with one attached hydrogen (secondary N) is 1. The molecule has 0 heterocycles. The van der Waals surface area contributed by atoms with Crippen LogP contribution in [0.4, 0.5) is 0 Å². The lowest BCUT2D eigenvalue weighted by atomic mass is 10.2. The van der Waals surface area contributed by atoms with Gasteiger partial charge in [0.2, 0.25) is 0 Å². The number of methoxy groups -OCH3 is 2. The van der Waals surface area contributed by atoms with Crippen LogP contribution in [0.1, 0.15) is 29.8 Å². The summed E-state index contributed by atoms with van der Waals surface area (Å²) in [6.45, 7) is 3.75. The minimum atomic E-state index is -0.572. The maximum absolute atomic E-state index is 12.0. The first kappa shape index (κ1) is 21.1. The van der Waals surface area contributed by atoms with E-state index in [1.807, 2.05) is 19.9 Å². The molecule has 7 heteroatoms. The van der Waals surface area contributed by atoms with Crippen molar-refractivity contribution in [1.82, 2.24) is 5.32 Å². The molecule has 1 amide bonds. The number of hydrogen-bond donors (Lipinski definition) is 1. The Hall–Kier alpha value is -3.22. The Morgan fingerprint density at radius 1 is 0.964 bits per heavy atom. The molecule has 28 heavy (non-hydrogen) atoms. The number of carbonyl (C=O) groups excluding carboxylic acids is 2. The van der Waals surface area contributed by atoms with Crippen molar-refractivity contribution in [2.75, 3.05) is 20.8 Å². The van der Waals surface area contributed by atoms with E-state index < -0.39 is 11.9 Å². The molecule has 0 saturated heterocycles. The lowest BCUT2D eigenvalue weighted by molar-refractivity contribution is -0.124. The third kappa shape index (κ3) is 6.19. The summed E-state index contributed by atoms with van der Waals surface area (Å²) in [5.74, 6) is 0.876. The third-order valence-corrected chi connectivity index (χ3v) is 3.73. The summed E-state index contributed by atoms with van der Waals surface area (Å²) < 4.78 is 21.0. The predicted molar refractivity (Wildman–Crippen MR) is 104 cm³/mol. The highest BCUT2D eigenvalue weighted by Crippen LogP contribution is 2.27. The predicted octanol–water partition coefficient (Wildman–Crippen LogP) is 2.96. The Balaban J connectivity index is 1.81. The van der Waals surface area contributed by atoms with Crippen LogP contribution in [0, 0.1) is 0 Å². The van der Waals surface area contributed by atoms with E-state index in [9.17, 15) is 9.59 Å². The molecule has 0 spiro atoms. The Morgan fingerprint density at radius 3 is 2.25 bits per heavy atom. The van der Waals surface area contributed by atoms with Crippen molar-refractivity contribution in [3.8, 4) is 17.2 Å². The number of amides is 1. The van der Waals surface area contributed by atoms with Gasteiger partial charge in [0.15, 0.2) is 18.1 Å². The summed E-state index contributed by atoms with van der Waals surface area (Å²) in [4.78, 5) is 24.0. The Bertz CT molecular complexity index is 801. The zero-order chi connectivity index (χ0) is 20.5. The minimum absolute atomic E-state index is 0.0483. The molecule has 0 unspecified atom stereocenters. The second-order valence-electron chi connectivity index (χ2n) is 6.23. The zero-order valence-electron chi connectivity index (χ0n) is 16.5. The van der Waals surface area contributed by atoms with E-state index in [0.29, 0.717) is 22.8 Å². The van der Waals surface area contributed by atoms with Gasteiger partial charge in [0.1, 0.15) is 5.75 Å². The normalized spacial score (nSPS) is 10.3. The van der Waals surface area contributed by atoms with Crippen LogP contribution in [0.25, 0.3) is 0 Å². The molecule has 0 aliphatic heterocycles. The molecular weight excluding hydrogens is 362 g/mol. The van der Waals surface area contributed by atoms with E-state index in [1.54, 1.807) is 50.6 Å². The molecule has 0 aliphatic rings. The van der Waals surface area contributed by atoms with E-state index in [-0.39, 0.29) is 19.3 Å². The molecule has 150 valence electrons. The summed E-state index contributed by atoms with van der Waals surface area (Å²) in [7, 11) is 3.10. The Labute approximate surface area is 164 Å². The van der Waals surface area contributed by atoms with Gasteiger partial charge in [0.25, 0.3) is 5.91 Å². The summed E-state index contributed by atoms with van der Waals surface area (Å²) in [6, 6.07) is 11.9. The minimum Gasteiger partial charge on any atom is -0.493 e. The van der Waals surface area contributed by atoms with Gasteiger partial charge in [-0.05, 0) is 55.8 Å². The van der Waals surface area contributed by atoms with Crippen LogP contribution < -0.4 is 19.5 Å². The zero-order valence-corrected chi connectivity index (χ0v) is 16.5. The molecule has 2 rings (SSSR count). The fraction of sp³-hybridized carbons (Fsp3) is 0.333. The van der Waals surface area contributed by atoms with Crippen molar-refractivity contribution in [3.63, 3.8) is 0 Å². The number of carbonyl (C=O) groups is 2. The van der Waals surface area contributed by atoms with Gasteiger partial charge in [-0.15, -0.1) is 0 Å². The second kappa shape index (κ2) is 10.2. The van der Waals surface area contributed by atoms with E-state index >= 15 is 0 Å². The quantitative estimate of drug-likeness (QED) is 0.666. The van der Waals surface area contributed by atoms with Crippen LogP contribution in [0.3, 0.4) is 0 Å². The van der Waals surface area contributed by atoms with Crippen molar-refractivity contribution < 1.29 is 28.5 Å². The van der Waals surface area contributed by atoms with Crippen LogP contribution in [0.5, 0.6) is 17.2 Å². The molecule has 0 aromatic heterocycles. The molecule has 0 fully saturated rings. The van der Waals surface area contributed by atoms with Crippen molar-refractivity contribution in [2.45, 2.75) is 26.5 Å². The van der Waals surface area contributed by atoms with Crippen LogP contribution in [0.2, 0.25) is 0 Å². The van der Waals surface area contributed by atoms with Crippen molar-refractivity contribution >= 4 is 11.9 Å². The highest BCUT2D eigenvalue weighted by molar-refractivity contribution is 5.91. The number of esters is 1. The van der Waals surface area contributed by atoms with Gasteiger partial charge < -0.3 is 24.3 Å². The first-order valence-electron chi connectivity index (χ1n) is 8.84. The summed E-state index contributed by atoms with van der Waals surface area (Å²) >= 11 is 0. The number of rotatable bonds is 9. The van der Waals surface area contributed by atoms with E-state index in [0.717, 1.165) is 5.56 Å². The van der Waals surface area contributed by atoms with Crippen molar-refractivity contribution in [2.24, 2.45) is 0 Å². The molecule has 1 N–H and O–H groups in total. The van der Waals surface area contributed by atoms with Gasteiger partial charge in [-0.1, -0.05) is 6.07 Å². The summed E-state index contributed by atoms with van der Waals surface area (Å²) in [5, 5.41) is 2.69. The highest BCUT2D eigenvalue weighted by Gasteiger charge is 2.11. The number of hydrogen-bond acceptors (Lipinski definition) is 6. The average molecular weight is 387 g/mol. The fourth-order valence-electron chi connectivity index (χ4n) is 2.40. The van der Waals surface area contributed by atoms with Gasteiger partial charge in [0.05, 0.1) is 25.9 Å². The largest absolute Gasteiger partial charge is 0.493 e. The van der Waals surface area contributed by atoms with Crippen molar-refractivity contribution in [3.05, 3.63) is 53.6 Å². The maximum Gasteiger partial charge on any atom is 0.338 e. The maximum atomic E-state index is 12.0. The average Bonchev–Trinajstić information content (AvgIpc) is 2.70. The Morgan fingerprint density at radius 2 is 1.64 bits per heavy atom. The van der Waals surface area contributed by atoms with E-state index in [4.69, 9.17) is 18.9 Å². The lowest BCUT2D eigenvalue weighted by Crippen LogP contribution is -2.28. The monoisotopic (exact) mass is 387 g/mol. The smallest absolute Gasteiger partial charge is 0.338 e. The molecule has 0 atom stereocenters. The first-order valence-corrected chi connectivity index (χ1v) is 8.84. The lowest BCUT2D eigenvalue weighted by Gasteiger charge is -2.11. The Kier molecular flexibility index (Phi) is 7.68. The number of ether oxygens (including phenoxy) is 4. The van der Waals surface area contributed by atoms with Gasteiger partial charge >= 0.3 is 5.97 Å². The first-order chi connectivity index (χ1) is 13.4. The summed E-state index contributed by atoms with van der Waals surface area (Å²) in [5.41, 5.74) is 1.18. The van der Waals surface area contributed by atoms with Crippen LogP contribution >= 0.6 is 0 Å². The van der Waals surface area contributed by atoms with Crippen LogP contribution in [-0.2, 0) is 16.1 Å². The van der Waals surface area contributed by atoms with E-state index in [1.165, 1.54) is 0 Å². The SMILES string of the molecule is COc1ccc(CNC(=O)COC(=O)c2ccc(OC(C)C)cc2)cc1OC. The highest BCUT2D eigenvalue weighted by atomic mass is 16.5. The summed E-state index contributed by atoms with van der Waals surface area (Å²) in [6.07, 6.45) is 0.0483. The molecular formula is C21H25NO6. The number of benzene rings is 2. The second-order valence-corrected chi connectivity index (χ2v) is 6.23. The van der Waals surface area contributed by atoms with Gasteiger partial charge in [-0.2, -0.15) is 0 Å². The molecule has 7 nitrogen and oxygen atoms in total. The molecule has 2 aromatic carbocycles. The fourth-order valence-corrected chi connectivity index (χ4v) is 2.40.